The molecule has 0 spiro atoms. The molecule has 1 aliphatic carbocycles. The van der Waals surface area contributed by atoms with Gasteiger partial charge in [-0.3, -0.25) is 9.78 Å². The maximum atomic E-state index is 15.2. The van der Waals surface area contributed by atoms with Crippen molar-refractivity contribution in [3.05, 3.63) is 76.9 Å². The normalized spacial score (nSPS) is 21.0. The summed E-state index contributed by atoms with van der Waals surface area (Å²) in [5.41, 5.74) is 5.63. The zero-order valence-electron chi connectivity index (χ0n) is 19.9. The van der Waals surface area contributed by atoms with E-state index in [1.807, 2.05) is 30.5 Å². The molecular weight excluding hydrogens is 461 g/mol. The van der Waals surface area contributed by atoms with Crippen LogP contribution in [0.5, 0.6) is 11.5 Å². The van der Waals surface area contributed by atoms with Crippen LogP contribution in [0.15, 0.2) is 48.7 Å². The van der Waals surface area contributed by atoms with Gasteiger partial charge in [-0.2, -0.15) is 0 Å². The largest absolute Gasteiger partial charge is 0.492 e. The van der Waals surface area contributed by atoms with Gasteiger partial charge in [0.1, 0.15) is 23.4 Å². The number of hydrogen-bond donors (Lipinski definition) is 1. The third-order valence-corrected chi connectivity index (χ3v) is 7.58. The predicted octanol–water partition coefficient (Wildman–Crippen LogP) is 5.80. The second-order valence-electron chi connectivity index (χ2n) is 9.76. The van der Waals surface area contributed by atoms with Gasteiger partial charge in [0.2, 0.25) is 0 Å². The number of ether oxygens (including phenoxy) is 3. The fourth-order valence-corrected chi connectivity index (χ4v) is 5.86. The summed E-state index contributed by atoms with van der Waals surface area (Å²) < 4.78 is 32.8. The number of carboxylic acid groups (broad SMARTS) is 1. The van der Waals surface area contributed by atoms with E-state index < -0.39 is 12.1 Å². The average molecular weight is 490 g/mol. The molecule has 1 unspecified atom stereocenters. The van der Waals surface area contributed by atoms with Crippen molar-refractivity contribution in [1.82, 2.24) is 4.98 Å². The highest BCUT2D eigenvalue weighted by Crippen LogP contribution is 2.45. The Labute approximate surface area is 209 Å². The first-order valence-corrected chi connectivity index (χ1v) is 12.6. The lowest BCUT2D eigenvalue weighted by Gasteiger charge is -2.24. The predicted molar refractivity (Wildman–Crippen MR) is 131 cm³/mol. The molecule has 1 aromatic heterocycles. The molecule has 2 atom stereocenters. The molecule has 0 saturated carbocycles. The van der Waals surface area contributed by atoms with Gasteiger partial charge in [-0.15, -0.1) is 0 Å². The lowest BCUT2D eigenvalue weighted by atomic mass is 9.87. The first kappa shape index (κ1) is 23.0. The summed E-state index contributed by atoms with van der Waals surface area (Å²) in [7, 11) is 0. The van der Waals surface area contributed by atoms with Gasteiger partial charge in [-0.05, 0) is 55.0 Å². The number of nitrogens with zero attached hydrogens (tertiary/aromatic N) is 1. The standard InChI is InChI=1S/C29H28FNO5/c30-24-7-5-21(23-2-1-11-31-29(23)17-9-12-34-13-10-17)22-6-8-25(28(22)24)36-19-3-4-20-18(14-27(32)33)16-35-26(20)15-19/h1-5,7,11,15,17-18,25H,6,8-10,12-14,16H2,(H,32,33)/t18?,25-/m1/s1. The lowest BCUT2D eigenvalue weighted by molar-refractivity contribution is -0.137. The minimum absolute atomic E-state index is 0.0292. The molecule has 0 radical (unpaired) electrons. The molecular formula is C29H28FNO5. The molecule has 1 N–H and O–H groups in total. The molecule has 0 amide bonds. The van der Waals surface area contributed by atoms with Gasteiger partial charge in [-0.1, -0.05) is 18.2 Å². The van der Waals surface area contributed by atoms with Crippen LogP contribution in [0.4, 0.5) is 4.39 Å². The number of halogens is 1. The van der Waals surface area contributed by atoms with Crippen molar-refractivity contribution in [1.29, 1.82) is 0 Å². The number of rotatable bonds is 6. The second kappa shape index (κ2) is 9.54. The SMILES string of the molecule is O=C(O)CC1COc2cc(O[C@@H]3CCc4c(-c5cccnc5C5CCOCC5)ccc(F)c43)ccc21. The zero-order valence-corrected chi connectivity index (χ0v) is 19.9. The summed E-state index contributed by atoms with van der Waals surface area (Å²) >= 11 is 0. The van der Waals surface area contributed by atoms with Crippen LogP contribution >= 0.6 is 0 Å². The summed E-state index contributed by atoms with van der Waals surface area (Å²) in [6.07, 6.45) is 4.73. The molecule has 36 heavy (non-hydrogen) atoms. The van der Waals surface area contributed by atoms with Crippen LogP contribution in [0, 0.1) is 5.82 Å². The number of aromatic nitrogens is 1. The molecule has 6 rings (SSSR count). The van der Waals surface area contributed by atoms with E-state index in [0.29, 0.717) is 36.0 Å². The van der Waals surface area contributed by atoms with Crippen molar-refractivity contribution >= 4 is 5.97 Å². The number of carbonyl (C=O) groups is 1. The van der Waals surface area contributed by atoms with Gasteiger partial charge < -0.3 is 19.3 Å². The van der Waals surface area contributed by atoms with Gasteiger partial charge in [0, 0.05) is 54.0 Å². The Hall–Kier alpha value is -3.45. The Bertz CT molecular complexity index is 1300. The topological polar surface area (TPSA) is 77.9 Å². The molecule has 0 bridgehead atoms. The van der Waals surface area contributed by atoms with Gasteiger partial charge >= 0.3 is 5.97 Å². The molecule has 1 saturated heterocycles. The summed E-state index contributed by atoms with van der Waals surface area (Å²) in [5, 5.41) is 9.13. The van der Waals surface area contributed by atoms with Crippen molar-refractivity contribution < 1.29 is 28.5 Å². The van der Waals surface area contributed by atoms with Crippen molar-refractivity contribution in [2.45, 2.75) is 50.0 Å². The third-order valence-electron chi connectivity index (χ3n) is 7.58. The monoisotopic (exact) mass is 489 g/mol. The number of fused-ring (bicyclic) bond motifs is 2. The smallest absolute Gasteiger partial charge is 0.304 e. The van der Waals surface area contributed by atoms with E-state index in [0.717, 1.165) is 60.4 Å². The average Bonchev–Trinajstić information content (AvgIpc) is 3.49. The molecule has 6 nitrogen and oxygen atoms in total. The van der Waals surface area contributed by atoms with Crippen LogP contribution in [0.1, 0.15) is 66.0 Å². The summed E-state index contributed by atoms with van der Waals surface area (Å²) in [6, 6.07) is 12.9. The van der Waals surface area contributed by atoms with Crippen LogP contribution in [0.2, 0.25) is 0 Å². The number of carboxylic acids is 1. The summed E-state index contributed by atoms with van der Waals surface area (Å²) in [6.45, 7) is 1.81. The van der Waals surface area contributed by atoms with Gasteiger partial charge in [-0.25, -0.2) is 4.39 Å². The second-order valence-corrected chi connectivity index (χ2v) is 9.76. The molecule has 3 aromatic rings. The molecule has 3 aliphatic rings. The number of hydrogen-bond acceptors (Lipinski definition) is 5. The summed E-state index contributed by atoms with van der Waals surface area (Å²) in [4.78, 5) is 15.9. The first-order chi connectivity index (χ1) is 17.6. The highest BCUT2D eigenvalue weighted by molar-refractivity contribution is 5.72. The summed E-state index contributed by atoms with van der Waals surface area (Å²) in [5.74, 6) is 0.300. The van der Waals surface area contributed by atoms with Crippen LogP contribution < -0.4 is 9.47 Å². The first-order valence-electron chi connectivity index (χ1n) is 12.6. The van der Waals surface area contributed by atoms with Crippen molar-refractivity contribution in [2.75, 3.05) is 19.8 Å². The minimum atomic E-state index is -0.848. The van der Waals surface area contributed by atoms with E-state index in [9.17, 15) is 4.79 Å². The molecule has 7 heteroatoms. The Morgan fingerprint density at radius 2 is 1.97 bits per heavy atom. The van der Waals surface area contributed by atoms with Crippen LogP contribution in [0.25, 0.3) is 11.1 Å². The minimum Gasteiger partial charge on any atom is -0.492 e. The van der Waals surface area contributed by atoms with Crippen LogP contribution in [-0.4, -0.2) is 35.9 Å². The Kier molecular flexibility index (Phi) is 6.09. The van der Waals surface area contributed by atoms with Gasteiger partial charge in [0.25, 0.3) is 0 Å². The fraction of sp³-hybridized carbons (Fsp3) is 0.379. The van der Waals surface area contributed by atoms with E-state index in [1.165, 1.54) is 0 Å². The highest BCUT2D eigenvalue weighted by Gasteiger charge is 2.33. The van der Waals surface area contributed by atoms with E-state index in [-0.39, 0.29) is 18.2 Å². The van der Waals surface area contributed by atoms with E-state index in [1.54, 1.807) is 12.1 Å². The number of aliphatic carboxylic acids is 1. The quantitative estimate of drug-likeness (QED) is 0.472. The van der Waals surface area contributed by atoms with Gasteiger partial charge in [0.05, 0.1) is 18.7 Å². The van der Waals surface area contributed by atoms with Crippen LogP contribution in [-0.2, 0) is 16.0 Å². The Morgan fingerprint density at radius 1 is 1.11 bits per heavy atom. The zero-order chi connectivity index (χ0) is 24.6. The third kappa shape index (κ3) is 4.22. The maximum absolute atomic E-state index is 15.2. The van der Waals surface area contributed by atoms with E-state index >= 15 is 4.39 Å². The van der Waals surface area contributed by atoms with E-state index in [4.69, 9.17) is 24.3 Å². The lowest BCUT2D eigenvalue weighted by Crippen LogP contribution is -2.16. The molecule has 2 aliphatic heterocycles. The molecule has 3 heterocycles. The van der Waals surface area contributed by atoms with Crippen LogP contribution in [0.3, 0.4) is 0 Å². The highest BCUT2D eigenvalue weighted by atomic mass is 19.1. The number of benzene rings is 2. The Morgan fingerprint density at radius 3 is 2.81 bits per heavy atom. The van der Waals surface area contributed by atoms with Gasteiger partial charge in [0.15, 0.2) is 0 Å². The molecule has 1 fully saturated rings. The van der Waals surface area contributed by atoms with Crippen molar-refractivity contribution in [3.8, 4) is 22.6 Å². The van der Waals surface area contributed by atoms with Crippen molar-refractivity contribution in [2.24, 2.45) is 0 Å². The molecule has 2 aromatic carbocycles. The van der Waals surface area contributed by atoms with E-state index in [2.05, 4.69) is 6.07 Å². The Balaban J connectivity index is 1.29. The fourth-order valence-electron chi connectivity index (χ4n) is 5.86. The van der Waals surface area contributed by atoms with Crippen molar-refractivity contribution in [3.63, 3.8) is 0 Å². The number of pyridine rings is 1. The maximum Gasteiger partial charge on any atom is 0.304 e. The molecule has 186 valence electrons.